The van der Waals surface area contributed by atoms with Crippen molar-refractivity contribution in [3.05, 3.63) is 11.9 Å². The van der Waals surface area contributed by atoms with Crippen LogP contribution in [-0.2, 0) is 4.74 Å². The van der Waals surface area contributed by atoms with Gasteiger partial charge in [-0.05, 0) is 12.8 Å². The average Bonchev–Trinajstić information content (AvgIpc) is 2.70. The normalized spacial score (nSPS) is 21.3. The second-order valence-corrected chi connectivity index (χ2v) is 3.10. The summed E-state index contributed by atoms with van der Waals surface area (Å²) in [5, 5.41) is 21.8. The fraction of sp³-hybridized carbons (Fsp3) is 0.500. The van der Waals surface area contributed by atoms with Crippen molar-refractivity contribution in [3.63, 3.8) is 0 Å². The Morgan fingerprint density at radius 2 is 2.50 bits per heavy atom. The van der Waals surface area contributed by atoms with Gasteiger partial charge < -0.3 is 14.9 Å². The summed E-state index contributed by atoms with van der Waals surface area (Å²) in [5.41, 5.74) is -0.211. The third kappa shape index (κ3) is 1.33. The van der Waals surface area contributed by atoms with E-state index in [9.17, 15) is 9.90 Å². The topological polar surface area (TPSA) is 84.6 Å². The Morgan fingerprint density at radius 3 is 3.07 bits per heavy atom. The smallest absolute Gasteiger partial charge is 0.358 e. The summed E-state index contributed by atoms with van der Waals surface area (Å²) in [6, 6.07) is 0. The van der Waals surface area contributed by atoms with Gasteiger partial charge in [0.1, 0.15) is 0 Å². The molecule has 1 unspecified atom stereocenters. The first kappa shape index (κ1) is 9.01. The maximum atomic E-state index is 10.8. The lowest BCUT2D eigenvalue weighted by Gasteiger charge is -2.11. The average molecular weight is 198 g/mol. The van der Waals surface area contributed by atoms with Crippen LogP contribution < -0.4 is 0 Å². The minimum absolute atomic E-state index is 0.211. The number of carbonyl (C=O) groups is 1. The van der Waals surface area contributed by atoms with Crippen LogP contribution in [0.25, 0.3) is 0 Å². The van der Waals surface area contributed by atoms with Crippen molar-refractivity contribution < 1.29 is 19.7 Å². The van der Waals surface area contributed by atoms with E-state index >= 15 is 0 Å². The molecule has 1 aromatic heterocycles. The molecular formula is C8H10N2O4. The van der Waals surface area contributed by atoms with Crippen LogP contribution in [0, 0.1) is 0 Å². The fourth-order valence-corrected chi connectivity index (χ4v) is 1.53. The molecule has 1 fully saturated rings. The number of carboxylic acid groups (broad SMARTS) is 1. The number of hydrogen-bond donors (Lipinski definition) is 2. The lowest BCUT2D eigenvalue weighted by Crippen LogP contribution is -2.15. The Labute approximate surface area is 79.7 Å². The SMILES string of the molecule is O=C(O)c1c(O)cnn1C1CCCO1. The molecule has 6 nitrogen and oxygen atoms in total. The van der Waals surface area contributed by atoms with Gasteiger partial charge in [-0.25, -0.2) is 9.48 Å². The zero-order chi connectivity index (χ0) is 10.1. The Kier molecular flexibility index (Phi) is 2.12. The minimum Gasteiger partial charge on any atom is -0.504 e. The van der Waals surface area contributed by atoms with Gasteiger partial charge in [0.05, 0.1) is 6.20 Å². The lowest BCUT2D eigenvalue weighted by atomic mass is 10.3. The second kappa shape index (κ2) is 3.30. The molecule has 2 heterocycles. The zero-order valence-electron chi connectivity index (χ0n) is 7.38. The van der Waals surface area contributed by atoms with Gasteiger partial charge in [0.25, 0.3) is 0 Å². The van der Waals surface area contributed by atoms with E-state index in [1.54, 1.807) is 0 Å². The van der Waals surface area contributed by atoms with Crippen molar-refractivity contribution in [3.8, 4) is 5.75 Å². The van der Waals surface area contributed by atoms with E-state index in [0.29, 0.717) is 6.61 Å². The van der Waals surface area contributed by atoms with Crippen molar-refractivity contribution in [2.45, 2.75) is 19.1 Å². The molecule has 6 heteroatoms. The van der Waals surface area contributed by atoms with E-state index in [-0.39, 0.29) is 17.7 Å². The van der Waals surface area contributed by atoms with Gasteiger partial charge in [0.15, 0.2) is 17.7 Å². The van der Waals surface area contributed by atoms with Gasteiger partial charge in [-0.3, -0.25) is 0 Å². The molecule has 0 bridgehead atoms. The van der Waals surface area contributed by atoms with Crippen molar-refractivity contribution >= 4 is 5.97 Å². The number of hydrogen-bond acceptors (Lipinski definition) is 4. The summed E-state index contributed by atoms with van der Waals surface area (Å²) in [5.74, 6) is -1.52. The largest absolute Gasteiger partial charge is 0.504 e. The van der Waals surface area contributed by atoms with E-state index < -0.39 is 5.97 Å². The molecule has 0 spiro atoms. The fourth-order valence-electron chi connectivity index (χ4n) is 1.53. The second-order valence-electron chi connectivity index (χ2n) is 3.10. The number of aromatic carboxylic acids is 1. The molecule has 1 saturated heterocycles. The molecule has 1 atom stereocenters. The first-order chi connectivity index (χ1) is 6.70. The van der Waals surface area contributed by atoms with Crippen molar-refractivity contribution in [2.24, 2.45) is 0 Å². The Hall–Kier alpha value is -1.56. The molecule has 0 aliphatic carbocycles. The molecule has 14 heavy (non-hydrogen) atoms. The van der Waals surface area contributed by atoms with Gasteiger partial charge in [0.2, 0.25) is 0 Å². The summed E-state index contributed by atoms with van der Waals surface area (Å²) >= 11 is 0. The predicted octanol–water partition coefficient (Wildman–Crippen LogP) is 0.596. The zero-order valence-corrected chi connectivity index (χ0v) is 7.38. The van der Waals surface area contributed by atoms with Crippen molar-refractivity contribution in [2.75, 3.05) is 6.61 Å². The molecule has 1 aromatic rings. The summed E-state index contributed by atoms with van der Waals surface area (Å²) in [7, 11) is 0. The predicted molar refractivity (Wildman–Crippen MR) is 45.1 cm³/mol. The highest BCUT2D eigenvalue weighted by Crippen LogP contribution is 2.27. The van der Waals surface area contributed by atoms with Crippen LogP contribution in [0.3, 0.4) is 0 Å². The van der Waals surface area contributed by atoms with Crippen LogP contribution in [0.1, 0.15) is 29.6 Å². The Morgan fingerprint density at radius 1 is 1.71 bits per heavy atom. The van der Waals surface area contributed by atoms with Crippen LogP contribution >= 0.6 is 0 Å². The summed E-state index contributed by atoms with van der Waals surface area (Å²) in [6.45, 7) is 0.602. The van der Waals surface area contributed by atoms with E-state index in [2.05, 4.69) is 5.10 Å². The van der Waals surface area contributed by atoms with Gasteiger partial charge >= 0.3 is 5.97 Å². The van der Waals surface area contributed by atoms with E-state index in [1.165, 1.54) is 4.68 Å². The molecule has 0 aromatic carbocycles. The highest BCUT2D eigenvalue weighted by molar-refractivity contribution is 5.88. The van der Waals surface area contributed by atoms with E-state index in [1.807, 2.05) is 0 Å². The van der Waals surface area contributed by atoms with Crippen LogP contribution in [0.2, 0.25) is 0 Å². The molecule has 0 radical (unpaired) electrons. The Balaban J connectivity index is 2.37. The molecular weight excluding hydrogens is 188 g/mol. The first-order valence-electron chi connectivity index (χ1n) is 4.31. The molecule has 1 aliphatic heterocycles. The van der Waals surface area contributed by atoms with Gasteiger partial charge in [0, 0.05) is 6.61 Å². The van der Waals surface area contributed by atoms with Gasteiger partial charge in [-0.15, -0.1) is 0 Å². The number of nitrogens with zero attached hydrogens (tertiary/aromatic N) is 2. The molecule has 0 amide bonds. The number of aromatic hydroxyl groups is 1. The van der Waals surface area contributed by atoms with Gasteiger partial charge in [-0.2, -0.15) is 5.10 Å². The van der Waals surface area contributed by atoms with Crippen molar-refractivity contribution in [1.29, 1.82) is 0 Å². The third-order valence-corrected chi connectivity index (χ3v) is 2.16. The van der Waals surface area contributed by atoms with E-state index in [0.717, 1.165) is 19.0 Å². The van der Waals surface area contributed by atoms with Crippen LogP contribution in [0.4, 0.5) is 0 Å². The molecule has 2 rings (SSSR count). The standard InChI is InChI=1S/C8H10N2O4/c11-5-4-9-10(7(5)8(12)13)6-2-1-3-14-6/h4,6,11H,1-3H2,(H,12,13). The maximum Gasteiger partial charge on any atom is 0.358 e. The third-order valence-electron chi connectivity index (χ3n) is 2.16. The highest BCUT2D eigenvalue weighted by Gasteiger charge is 2.26. The summed E-state index contributed by atoms with van der Waals surface area (Å²) < 4.78 is 6.48. The summed E-state index contributed by atoms with van der Waals surface area (Å²) in [6.07, 6.45) is 2.36. The number of rotatable bonds is 2. The monoisotopic (exact) mass is 198 g/mol. The van der Waals surface area contributed by atoms with E-state index in [4.69, 9.17) is 9.84 Å². The molecule has 76 valence electrons. The number of ether oxygens (including phenoxy) is 1. The minimum atomic E-state index is -1.20. The molecule has 1 aliphatic rings. The number of carboxylic acids is 1. The first-order valence-corrected chi connectivity index (χ1v) is 4.31. The summed E-state index contributed by atoms with van der Waals surface area (Å²) in [4.78, 5) is 10.8. The highest BCUT2D eigenvalue weighted by atomic mass is 16.5. The van der Waals surface area contributed by atoms with Crippen LogP contribution in [0.5, 0.6) is 5.75 Å². The number of aromatic nitrogens is 2. The maximum absolute atomic E-state index is 10.8. The van der Waals surface area contributed by atoms with Crippen LogP contribution in [0.15, 0.2) is 6.20 Å². The van der Waals surface area contributed by atoms with Crippen LogP contribution in [-0.4, -0.2) is 32.6 Å². The Bertz CT molecular complexity index is 354. The molecule has 0 saturated carbocycles. The quantitative estimate of drug-likeness (QED) is 0.726. The van der Waals surface area contributed by atoms with Crippen molar-refractivity contribution in [1.82, 2.24) is 9.78 Å². The lowest BCUT2D eigenvalue weighted by molar-refractivity contribution is 0.0386. The molecule has 2 N–H and O–H groups in total. The van der Waals surface area contributed by atoms with Gasteiger partial charge in [-0.1, -0.05) is 0 Å².